The molecule has 0 aromatic carbocycles. The number of hydrogen-bond donors (Lipinski definition) is 0. The lowest BCUT2D eigenvalue weighted by molar-refractivity contribution is 0.0693. The molecular weight excluding hydrogens is 226 g/mol. The number of halogens is 1. The van der Waals surface area contributed by atoms with Gasteiger partial charge in [-0.15, -0.1) is 0 Å². The molecule has 1 aromatic rings. The van der Waals surface area contributed by atoms with Crippen LogP contribution < -0.4 is 0 Å². The van der Waals surface area contributed by atoms with Crippen molar-refractivity contribution in [3.05, 3.63) is 23.2 Å². The number of nitrogens with zero attached hydrogens (tertiary/aromatic N) is 3. The molecule has 0 aliphatic carbocycles. The van der Waals surface area contributed by atoms with E-state index in [0.717, 1.165) is 6.42 Å². The molecule has 0 fully saturated rings. The molecule has 1 heterocycles. The van der Waals surface area contributed by atoms with E-state index in [-0.39, 0.29) is 17.1 Å². The third-order valence-corrected chi connectivity index (χ3v) is 2.73. The summed E-state index contributed by atoms with van der Waals surface area (Å²) in [5.41, 5.74) is 0.301. The molecule has 0 saturated carbocycles. The van der Waals surface area contributed by atoms with Gasteiger partial charge in [-0.3, -0.25) is 9.78 Å². The van der Waals surface area contributed by atoms with Gasteiger partial charge in [0, 0.05) is 12.6 Å². The maximum Gasteiger partial charge on any atom is 0.274 e. The van der Waals surface area contributed by atoms with Crippen molar-refractivity contribution in [1.29, 1.82) is 0 Å². The number of aromatic nitrogens is 2. The summed E-state index contributed by atoms with van der Waals surface area (Å²) in [5, 5.41) is 0.242. The lowest BCUT2D eigenvalue weighted by Gasteiger charge is -2.26. The SMILES string of the molecule is CCC(C)N(CC)C(=O)c1cncc(Cl)n1. The number of hydrogen-bond acceptors (Lipinski definition) is 3. The van der Waals surface area contributed by atoms with Gasteiger partial charge in [0.25, 0.3) is 5.91 Å². The summed E-state index contributed by atoms with van der Waals surface area (Å²) in [4.78, 5) is 21.7. The molecule has 0 aliphatic heterocycles. The Balaban J connectivity index is 2.91. The summed E-state index contributed by atoms with van der Waals surface area (Å²) >= 11 is 5.71. The average molecular weight is 242 g/mol. The van der Waals surface area contributed by atoms with E-state index in [0.29, 0.717) is 12.2 Å². The average Bonchev–Trinajstić information content (AvgIpc) is 2.29. The number of amides is 1. The Morgan fingerprint density at radius 2 is 2.19 bits per heavy atom. The molecule has 0 bridgehead atoms. The molecule has 1 atom stereocenters. The van der Waals surface area contributed by atoms with Crippen molar-refractivity contribution in [2.24, 2.45) is 0 Å². The zero-order valence-corrected chi connectivity index (χ0v) is 10.5. The second kappa shape index (κ2) is 5.80. The molecule has 0 radical (unpaired) electrons. The van der Waals surface area contributed by atoms with Crippen molar-refractivity contribution in [2.45, 2.75) is 33.2 Å². The van der Waals surface area contributed by atoms with E-state index in [1.54, 1.807) is 4.90 Å². The van der Waals surface area contributed by atoms with Crippen molar-refractivity contribution < 1.29 is 4.79 Å². The maximum absolute atomic E-state index is 12.1. The van der Waals surface area contributed by atoms with Crippen LogP contribution in [0.1, 0.15) is 37.7 Å². The number of carbonyl (C=O) groups excluding carboxylic acids is 1. The molecule has 16 heavy (non-hydrogen) atoms. The minimum Gasteiger partial charge on any atom is -0.335 e. The van der Waals surface area contributed by atoms with Gasteiger partial charge >= 0.3 is 0 Å². The molecule has 1 amide bonds. The van der Waals surface area contributed by atoms with Crippen LogP contribution in [0.15, 0.2) is 12.4 Å². The van der Waals surface area contributed by atoms with Gasteiger partial charge < -0.3 is 4.90 Å². The molecule has 1 rings (SSSR count). The molecule has 1 unspecified atom stereocenters. The molecule has 0 spiro atoms. The van der Waals surface area contributed by atoms with Crippen LogP contribution in [-0.2, 0) is 0 Å². The quantitative estimate of drug-likeness (QED) is 0.813. The van der Waals surface area contributed by atoms with Crippen molar-refractivity contribution in [3.63, 3.8) is 0 Å². The van der Waals surface area contributed by atoms with Gasteiger partial charge in [0.15, 0.2) is 0 Å². The number of rotatable bonds is 4. The van der Waals surface area contributed by atoms with Gasteiger partial charge in [-0.2, -0.15) is 0 Å². The Labute approximate surface area is 101 Å². The highest BCUT2D eigenvalue weighted by Crippen LogP contribution is 2.10. The third kappa shape index (κ3) is 2.92. The van der Waals surface area contributed by atoms with E-state index >= 15 is 0 Å². The zero-order valence-electron chi connectivity index (χ0n) is 9.77. The first-order valence-corrected chi connectivity index (χ1v) is 5.76. The van der Waals surface area contributed by atoms with E-state index in [9.17, 15) is 4.79 Å². The fraction of sp³-hybridized carbons (Fsp3) is 0.545. The second-order valence-electron chi connectivity index (χ2n) is 3.58. The first-order chi connectivity index (χ1) is 7.60. The van der Waals surface area contributed by atoms with Crippen LogP contribution in [0.25, 0.3) is 0 Å². The lowest BCUT2D eigenvalue weighted by atomic mass is 10.2. The fourth-order valence-electron chi connectivity index (χ4n) is 1.47. The Bertz CT molecular complexity index is 370. The summed E-state index contributed by atoms with van der Waals surface area (Å²) in [5.74, 6) is -0.119. The zero-order chi connectivity index (χ0) is 12.1. The predicted molar refractivity (Wildman–Crippen MR) is 63.5 cm³/mol. The minimum absolute atomic E-state index is 0.119. The molecule has 5 heteroatoms. The monoisotopic (exact) mass is 241 g/mol. The Morgan fingerprint density at radius 1 is 1.50 bits per heavy atom. The third-order valence-electron chi connectivity index (χ3n) is 2.55. The van der Waals surface area contributed by atoms with Crippen LogP contribution >= 0.6 is 11.6 Å². The van der Waals surface area contributed by atoms with Gasteiger partial charge in [0.2, 0.25) is 0 Å². The van der Waals surface area contributed by atoms with E-state index in [4.69, 9.17) is 11.6 Å². The van der Waals surface area contributed by atoms with E-state index in [1.807, 2.05) is 20.8 Å². The van der Waals surface area contributed by atoms with Crippen molar-refractivity contribution in [2.75, 3.05) is 6.54 Å². The molecular formula is C11H16ClN3O. The van der Waals surface area contributed by atoms with Crippen LogP contribution in [0.4, 0.5) is 0 Å². The fourth-order valence-corrected chi connectivity index (χ4v) is 1.62. The predicted octanol–water partition coefficient (Wildman–Crippen LogP) is 2.39. The topological polar surface area (TPSA) is 46.1 Å². The highest BCUT2D eigenvalue weighted by atomic mass is 35.5. The molecule has 88 valence electrons. The summed E-state index contributed by atoms with van der Waals surface area (Å²) in [7, 11) is 0. The van der Waals surface area contributed by atoms with Crippen molar-refractivity contribution in [1.82, 2.24) is 14.9 Å². The smallest absolute Gasteiger partial charge is 0.274 e. The largest absolute Gasteiger partial charge is 0.335 e. The standard InChI is InChI=1S/C11H16ClN3O/c1-4-8(3)15(5-2)11(16)9-6-13-7-10(12)14-9/h6-8H,4-5H2,1-3H3. The summed E-state index contributed by atoms with van der Waals surface area (Å²) in [6, 6.07) is 0.193. The Hall–Kier alpha value is -1.16. The first kappa shape index (κ1) is 12.9. The van der Waals surface area contributed by atoms with Crippen LogP contribution in [0.2, 0.25) is 5.15 Å². The molecule has 0 N–H and O–H groups in total. The second-order valence-corrected chi connectivity index (χ2v) is 3.96. The molecule has 1 aromatic heterocycles. The summed E-state index contributed by atoms with van der Waals surface area (Å²) in [6.07, 6.45) is 3.77. The van der Waals surface area contributed by atoms with Gasteiger partial charge in [-0.05, 0) is 20.3 Å². The van der Waals surface area contributed by atoms with Gasteiger partial charge in [0.05, 0.1) is 12.4 Å². The minimum atomic E-state index is -0.119. The molecule has 0 saturated heterocycles. The number of carbonyl (C=O) groups is 1. The Kier molecular flexibility index (Phi) is 4.68. The Morgan fingerprint density at radius 3 is 2.69 bits per heavy atom. The van der Waals surface area contributed by atoms with Crippen LogP contribution in [-0.4, -0.2) is 33.4 Å². The van der Waals surface area contributed by atoms with Gasteiger partial charge in [0.1, 0.15) is 10.8 Å². The van der Waals surface area contributed by atoms with Crippen LogP contribution in [0, 0.1) is 0 Å². The van der Waals surface area contributed by atoms with Crippen molar-refractivity contribution >= 4 is 17.5 Å². The highest BCUT2D eigenvalue weighted by molar-refractivity contribution is 6.29. The molecule has 4 nitrogen and oxygen atoms in total. The van der Waals surface area contributed by atoms with E-state index in [1.165, 1.54) is 12.4 Å². The first-order valence-electron chi connectivity index (χ1n) is 5.38. The van der Waals surface area contributed by atoms with Gasteiger partial charge in [-0.25, -0.2) is 4.98 Å². The van der Waals surface area contributed by atoms with Gasteiger partial charge in [-0.1, -0.05) is 18.5 Å². The van der Waals surface area contributed by atoms with Crippen LogP contribution in [0.3, 0.4) is 0 Å². The van der Waals surface area contributed by atoms with Crippen LogP contribution in [0.5, 0.6) is 0 Å². The normalized spacial score (nSPS) is 12.2. The maximum atomic E-state index is 12.1. The lowest BCUT2D eigenvalue weighted by Crippen LogP contribution is -2.38. The highest BCUT2D eigenvalue weighted by Gasteiger charge is 2.20. The van der Waals surface area contributed by atoms with E-state index in [2.05, 4.69) is 9.97 Å². The summed E-state index contributed by atoms with van der Waals surface area (Å²) in [6.45, 7) is 6.66. The molecule has 0 aliphatic rings. The summed E-state index contributed by atoms with van der Waals surface area (Å²) < 4.78 is 0. The van der Waals surface area contributed by atoms with Crippen molar-refractivity contribution in [3.8, 4) is 0 Å². The van der Waals surface area contributed by atoms with E-state index < -0.39 is 0 Å².